The Morgan fingerprint density at radius 3 is 2.75 bits per heavy atom. The topological polar surface area (TPSA) is 73.1 Å². The summed E-state index contributed by atoms with van der Waals surface area (Å²) in [4.78, 5) is 21.2. The quantitative estimate of drug-likeness (QED) is 0.673. The predicted molar refractivity (Wildman–Crippen MR) is 111 cm³/mol. The van der Waals surface area contributed by atoms with Gasteiger partial charge in [-0.25, -0.2) is 9.67 Å². The van der Waals surface area contributed by atoms with Crippen LogP contribution in [0, 0.1) is 0 Å². The van der Waals surface area contributed by atoms with E-state index in [4.69, 9.17) is 9.72 Å². The van der Waals surface area contributed by atoms with Gasteiger partial charge in [0.05, 0.1) is 12.2 Å². The van der Waals surface area contributed by atoms with Crippen LogP contribution in [-0.4, -0.2) is 38.7 Å². The molecule has 8 heteroatoms. The van der Waals surface area contributed by atoms with E-state index in [1.54, 1.807) is 0 Å². The van der Waals surface area contributed by atoms with Crippen LogP contribution in [0.4, 0.5) is 5.82 Å². The van der Waals surface area contributed by atoms with Crippen LogP contribution in [0.25, 0.3) is 20.4 Å². The van der Waals surface area contributed by atoms with Gasteiger partial charge < -0.3 is 9.64 Å². The molecule has 3 aromatic heterocycles. The Balaban J connectivity index is 1.82. The van der Waals surface area contributed by atoms with Crippen molar-refractivity contribution >= 4 is 37.6 Å². The monoisotopic (exact) mass is 399 g/mol. The van der Waals surface area contributed by atoms with Gasteiger partial charge >= 0.3 is 0 Å². The van der Waals surface area contributed by atoms with Crippen molar-refractivity contribution in [2.24, 2.45) is 0 Å². The molecule has 1 saturated heterocycles. The number of hydrogen-bond acceptors (Lipinski definition) is 7. The van der Waals surface area contributed by atoms with Gasteiger partial charge in [0.2, 0.25) is 0 Å². The van der Waals surface area contributed by atoms with Crippen LogP contribution in [0.5, 0.6) is 0 Å². The van der Waals surface area contributed by atoms with E-state index in [0.717, 1.165) is 47.5 Å². The number of aryl methyl sites for hydroxylation is 1. The summed E-state index contributed by atoms with van der Waals surface area (Å²) in [5.74, 6) is 1.03. The molecule has 2 aliphatic rings. The fraction of sp³-hybridized carbons (Fsp3) is 0.600. The van der Waals surface area contributed by atoms with Crippen molar-refractivity contribution in [2.45, 2.75) is 65.2 Å². The molecule has 0 atom stereocenters. The molecule has 0 aliphatic carbocycles. The zero-order chi connectivity index (χ0) is 19.5. The van der Waals surface area contributed by atoms with Crippen LogP contribution in [0.15, 0.2) is 4.79 Å². The second-order valence-corrected chi connectivity index (χ2v) is 9.39. The molecule has 0 saturated carbocycles. The highest BCUT2D eigenvalue weighted by Gasteiger charge is 2.33. The molecule has 0 bridgehead atoms. The van der Waals surface area contributed by atoms with Gasteiger partial charge in [-0.2, -0.15) is 0 Å². The van der Waals surface area contributed by atoms with Gasteiger partial charge in [0.1, 0.15) is 20.9 Å². The highest BCUT2D eigenvalue weighted by molar-refractivity contribution is 7.25. The smallest absolute Gasteiger partial charge is 0.287 e. The minimum Gasteiger partial charge on any atom is -0.370 e. The van der Waals surface area contributed by atoms with E-state index in [0.29, 0.717) is 23.4 Å². The summed E-state index contributed by atoms with van der Waals surface area (Å²) >= 11 is 1.46. The maximum absolute atomic E-state index is 12.9. The molecule has 0 aromatic carbocycles. The lowest BCUT2D eigenvalue weighted by atomic mass is 9.90. The first kappa shape index (κ1) is 18.0. The summed E-state index contributed by atoms with van der Waals surface area (Å²) in [7, 11) is 0. The van der Waals surface area contributed by atoms with Gasteiger partial charge in [-0.1, -0.05) is 12.1 Å². The van der Waals surface area contributed by atoms with Crippen molar-refractivity contribution in [3.05, 3.63) is 21.5 Å². The van der Waals surface area contributed by atoms with Gasteiger partial charge in [-0.3, -0.25) is 4.79 Å². The number of fused-ring (bicyclic) bond motifs is 5. The third-order valence-electron chi connectivity index (χ3n) is 5.74. The van der Waals surface area contributed by atoms with E-state index < -0.39 is 0 Å². The summed E-state index contributed by atoms with van der Waals surface area (Å²) in [6.45, 7) is 9.46. The average molecular weight is 400 g/mol. The molecule has 0 amide bonds. The van der Waals surface area contributed by atoms with Gasteiger partial charge in [0.15, 0.2) is 0 Å². The van der Waals surface area contributed by atoms with Crippen LogP contribution in [0.2, 0.25) is 0 Å². The van der Waals surface area contributed by atoms with Crippen molar-refractivity contribution < 1.29 is 4.74 Å². The van der Waals surface area contributed by atoms with Gasteiger partial charge in [-0.15, -0.1) is 16.4 Å². The van der Waals surface area contributed by atoms with Crippen molar-refractivity contribution in [3.8, 4) is 0 Å². The fourth-order valence-electron chi connectivity index (χ4n) is 4.35. The van der Waals surface area contributed by atoms with Gasteiger partial charge in [-0.05, 0) is 38.7 Å². The Hall–Kier alpha value is -2.06. The maximum atomic E-state index is 12.9. The number of rotatable bonds is 3. The molecule has 0 spiro atoms. The van der Waals surface area contributed by atoms with E-state index in [9.17, 15) is 4.79 Å². The number of aromatic nitrogens is 4. The normalized spacial score (nSPS) is 18.9. The second kappa shape index (κ2) is 6.49. The number of ether oxygens (including phenoxy) is 1. The maximum Gasteiger partial charge on any atom is 0.287 e. The van der Waals surface area contributed by atoms with E-state index >= 15 is 0 Å². The summed E-state index contributed by atoms with van der Waals surface area (Å²) < 4.78 is 8.27. The lowest BCUT2D eigenvalue weighted by molar-refractivity contribution is -0.0395. The van der Waals surface area contributed by atoms with Crippen LogP contribution < -0.4 is 10.5 Å². The summed E-state index contributed by atoms with van der Waals surface area (Å²) in [6, 6.07) is 0. The molecule has 0 unspecified atom stereocenters. The summed E-state index contributed by atoms with van der Waals surface area (Å²) in [6.07, 6.45) is 4.03. The third kappa shape index (κ3) is 2.73. The highest BCUT2D eigenvalue weighted by Crippen LogP contribution is 2.42. The Morgan fingerprint density at radius 2 is 2.00 bits per heavy atom. The Morgan fingerprint density at radius 1 is 1.21 bits per heavy atom. The molecule has 5 heterocycles. The minimum absolute atomic E-state index is 0.0577. The molecule has 5 rings (SSSR count). The third-order valence-corrected chi connectivity index (χ3v) is 6.80. The molecule has 0 radical (unpaired) electrons. The lowest BCUT2D eigenvalue weighted by Gasteiger charge is -2.34. The highest BCUT2D eigenvalue weighted by atomic mass is 32.1. The molecular formula is C20H25N5O2S. The first-order valence-electron chi connectivity index (χ1n) is 10.1. The fourth-order valence-corrected chi connectivity index (χ4v) is 5.43. The molecule has 0 N–H and O–H groups in total. The number of pyridine rings is 1. The Bertz CT molecular complexity index is 1130. The zero-order valence-electron chi connectivity index (χ0n) is 16.6. The number of anilines is 1. The molecule has 28 heavy (non-hydrogen) atoms. The molecule has 1 fully saturated rings. The summed E-state index contributed by atoms with van der Waals surface area (Å²) in [5, 5.41) is 9.66. The van der Waals surface area contributed by atoms with E-state index in [2.05, 4.69) is 29.1 Å². The van der Waals surface area contributed by atoms with Crippen LogP contribution in [0.3, 0.4) is 0 Å². The second-order valence-electron chi connectivity index (χ2n) is 8.39. The SMILES string of the molecule is CCCn1nnc2c(sc3nc(N4CCCC4)c4c(c32)CC(C)(C)OC4)c1=O. The van der Waals surface area contributed by atoms with E-state index in [1.807, 2.05) is 6.92 Å². The van der Waals surface area contributed by atoms with E-state index in [-0.39, 0.29) is 11.2 Å². The molecule has 7 nitrogen and oxygen atoms in total. The Labute approximate surface area is 167 Å². The van der Waals surface area contributed by atoms with Crippen molar-refractivity contribution in [3.63, 3.8) is 0 Å². The molecule has 3 aromatic rings. The molecular weight excluding hydrogens is 374 g/mol. The standard InChI is InChI=1S/C20H25N5O2S/c1-4-7-25-19(26)16-15(22-23-25)14-12-10-20(2,3)27-11-13(12)17(21-18(14)28-16)24-8-5-6-9-24/h4-11H2,1-3H3. The van der Waals surface area contributed by atoms with E-state index in [1.165, 1.54) is 34.4 Å². The summed E-state index contributed by atoms with van der Waals surface area (Å²) in [5.41, 5.74) is 2.79. The Kier molecular flexibility index (Phi) is 4.17. The van der Waals surface area contributed by atoms with Gasteiger partial charge in [0, 0.05) is 37.0 Å². The number of nitrogens with zero attached hydrogens (tertiary/aromatic N) is 5. The van der Waals surface area contributed by atoms with Crippen LogP contribution in [0.1, 0.15) is 51.2 Å². The predicted octanol–water partition coefficient (Wildman–Crippen LogP) is 3.26. The lowest BCUT2D eigenvalue weighted by Crippen LogP contribution is -2.34. The number of hydrogen-bond donors (Lipinski definition) is 0. The van der Waals surface area contributed by atoms with Crippen LogP contribution >= 0.6 is 11.3 Å². The first-order chi connectivity index (χ1) is 13.5. The minimum atomic E-state index is -0.248. The molecule has 2 aliphatic heterocycles. The van der Waals surface area contributed by atoms with Crippen LogP contribution in [-0.2, 0) is 24.3 Å². The van der Waals surface area contributed by atoms with Crippen molar-refractivity contribution in [1.82, 2.24) is 20.0 Å². The van der Waals surface area contributed by atoms with Gasteiger partial charge in [0.25, 0.3) is 5.56 Å². The number of thiophene rings is 1. The zero-order valence-corrected chi connectivity index (χ0v) is 17.4. The van der Waals surface area contributed by atoms with Crippen molar-refractivity contribution in [1.29, 1.82) is 0 Å². The van der Waals surface area contributed by atoms with Crippen molar-refractivity contribution in [2.75, 3.05) is 18.0 Å². The average Bonchev–Trinajstić information content (AvgIpc) is 3.30. The first-order valence-corrected chi connectivity index (χ1v) is 10.9. The largest absolute Gasteiger partial charge is 0.370 e. The molecule has 148 valence electrons.